The van der Waals surface area contributed by atoms with Gasteiger partial charge in [0, 0.05) is 6.04 Å². The van der Waals surface area contributed by atoms with Crippen LogP contribution in [0.5, 0.6) is 0 Å². The van der Waals surface area contributed by atoms with Crippen molar-refractivity contribution in [3.63, 3.8) is 0 Å². The van der Waals surface area contributed by atoms with Crippen LogP contribution in [0.15, 0.2) is 0 Å². The summed E-state index contributed by atoms with van der Waals surface area (Å²) in [5.74, 6) is -0.245. The largest absolute Gasteiger partial charge is 0.394 e. The van der Waals surface area contributed by atoms with Crippen molar-refractivity contribution in [1.29, 1.82) is 0 Å². The molecule has 1 aliphatic carbocycles. The first-order chi connectivity index (χ1) is 4.74. The second-order valence-electron chi connectivity index (χ2n) is 2.57. The molecular weight excluding hydrogens is 132 g/mol. The number of amides is 1. The van der Waals surface area contributed by atoms with Crippen LogP contribution in [-0.2, 0) is 4.79 Å². The molecule has 1 saturated carbocycles. The fraction of sp³-hybridized carbons (Fsp3) is 0.833. The van der Waals surface area contributed by atoms with Crippen LogP contribution in [0.3, 0.4) is 0 Å². The molecule has 1 rings (SSSR count). The Kier molecular flexibility index (Phi) is 2.24. The Morgan fingerprint density at radius 1 is 1.80 bits per heavy atom. The molecule has 4 N–H and O–H groups in total. The van der Waals surface area contributed by atoms with Gasteiger partial charge in [0.1, 0.15) is 6.04 Å². The van der Waals surface area contributed by atoms with Gasteiger partial charge in [-0.05, 0) is 12.8 Å². The molecule has 1 fully saturated rings. The first kappa shape index (κ1) is 7.50. The topological polar surface area (TPSA) is 75.3 Å². The minimum atomic E-state index is -0.749. The highest BCUT2D eigenvalue weighted by Crippen LogP contribution is 2.18. The highest BCUT2D eigenvalue weighted by Gasteiger charge is 2.25. The maximum atomic E-state index is 10.8. The third-order valence-electron chi connectivity index (χ3n) is 1.46. The maximum Gasteiger partial charge on any atom is 0.239 e. The molecule has 0 bridgehead atoms. The average Bonchev–Trinajstić information content (AvgIpc) is 2.70. The lowest BCUT2D eigenvalue weighted by molar-refractivity contribution is -0.123. The molecule has 58 valence electrons. The lowest BCUT2D eigenvalue weighted by Crippen LogP contribution is -2.43. The van der Waals surface area contributed by atoms with Crippen molar-refractivity contribution in [3.05, 3.63) is 0 Å². The van der Waals surface area contributed by atoms with Crippen LogP contribution in [0.4, 0.5) is 0 Å². The molecule has 0 aromatic heterocycles. The first-order valence-electron chi connectivity index (χ1n) is 3.41. The summed E-state index contributed by atoms with van der Waals surface area (Å²) in [6, 6.07) is -0.425. The molecule has 0 aromatic rings. The summed E-state index contributed by atoms with van der Waals surface area (Å²) in [4.78, 5) is 10.8. The van der Waals surface area contributed by atoms with E-state index < -0.39 is 6.04 Å². The van der Waals surface area contributed by atoms with E-state index in [1.54, 1.807) is 0 Å². The van der Waals surface area contributed by atoms with E-state index in [1.165, 1.54) is 0 Å². The number of rotatable bonds is 3. The highest BCUT2D eigenvalue weighted by atomic mass is 16.3. The molecular formula is C6H12N2O2. The zero-order chi connectivity index (χ0) is 7.56. The number of hydrogen-bond acceptors (Lipinski definition) is 3. The fourth-order valence-electron chi connectivity index (χ4n) is 0.619. The van der Waals surface area contributed by atoms with E-state index >= 15 is 0 Å². The summed E-state index contributed by atoms with van der Waals surface area (Å²) in [5.41, 5.74) is 5.23. The lowest BCUT2D eigenvalue weighted by Gasteiger charge is -2.07. The third-order valence-corrected chi connectivity index (χ3v) is 1.46. The van der Waals surface area contributed by atoms with Crippen molar-refractivity contribution in [2.24, 2.45) is 5.73 Å². The third kappa shape index (κ3) is 1.97. The molecule has 0 radical (unpaired) electrons. The van der Waals surface area contributed by atoms with Gasteiger partial charge in [0.25, 0.3) is 0 Å². The fourth-order valence-corrected chi connectivity index (χ4v) is 0.619. The summed E-state index contributed by atoms with van der Waals surface area (Å²) in [6.45, 7) is -0.279. The van der Waals surface area contributed by atoms with E-state index in [0.717, 1.165) is 12.8 Å². The number of carbonyl (C=O) groups excluding carboxylic acids is 1. The van der Waals surface area contributed by atoms with E-state index in [2.05, 4.69) is 5.32 Å². The Balaban J connectivity index is 2.18. The molecule has 4 nitrogen and oxygen atoms in total. The molecule has 4 heteroatoms. The molecule has 0 heterocycles. The minimum Gasteiger partial charge on any atom is -0.394 e. The molecule has 10 heavy (non-hydrogen) atoms. The van der Waals surface area contributed by atoms with E-state index in [4.69, 9.17) is 10.8 Å². The zero-order valence-corrected chi connectivity index (χ0v) is 5.71. The standard InChI is InChI=1S/C6H12N2O2/c7-5(3-9)6(10)8-4-1-2-4/h4-5,9H,1-3,7H2,(H,8,10)/t5-/m0/s1. The molecule has 0 spiro atoms. The van der Waals surface area contributed by atoms with Crippen LogP contribution in [0, 0.1) is 0 Å². The highest BCUT2D eigenvalue weighted by molar-refractivity contribution is 5.82. The molecule has 1 aliphatic rings. The molecule has 0 unspecified atom stereocenters. The molecule has 1 atom stereocenters. The van der Waals surface area contributed by atoms with E-state index in [9.17, 15) is 4.79 Å². The summed E-state index contributed by atoms with van der Waals surface area (Å²) in [5, 5.41) is 11.1. The van der Waals surface area contributed by atoms with Gasteiger partial charge in [0.2, 0.25) is 5.91 Å². The number of carbonyl (C=O) groups is 1. The van der Waals surface area contributed by atoms with Gasteiger partial charge in [0.15, 0.2) is 0 Å². The number of aliphatic hydroxyl groups is 1. The van der Waals surface area contributed by atoms with Gasteiger partial charge in [-0.25, -0.2) is 0 Å². The summed E-state index contributed by atoms with van der Waals surface area (Å²) >= 11 is 0. The Hall–Kier alpha value is -0.610. The summed E-state index contributed by atoms with van der Waals surface area (Å²) < 4.78 is 0. The SMILES string of the molecule is N[C@@H](CO)C(=O)NC1CC1. The molecule has 0 aromatic carbocycles. The van der Waals surface area contributed by atoms with E-state index in [0.29, 0.717) is 6.04 Å². The minimum absolute atomic E-state index is 0.245. The van der Waals surface area contributed by atoms with Gasteiger partial charge in [-0.1, -0.05) is 0 Å². The van der Waals surface area contributed by atoms with Gasteiger partial charge in [-0.2, -0.15) is 0 Å². The van der Waals surface area contributed by atoms with Gasteiger partial charge < -0.3 is 16.2 Å². The van der Waals surface area contributed by atoms with E-state index in [1.807, 2.05) is 0 Å². The van der Waals surface area contributed by atoms with Crippen LogP contribution in [0.1, 0.15) is 12.8 Å². The van der Waals surface area contributed by atoms with Crippen LogP contribution in [-0.4, -0.2) is 29.7 Å². The number of hydrogen-bond donors (Lipinski definition) is 3. The van der Waals surface area contributed by atoms with Crippen molar-refractivity contribution < 1.29 is 9.90 Å². The van der Waals surface area contributed by atoms with Crippen molar-refractivity contribution in [3.8, 4) is 0 Å². The predicted molar refractivity (Wildman–Crippen MR) is 36.2 cm³/mol. The van der Waals surface area contributed by atoms with Crippen molar-refractivity contribution >= 4 is 5.91 Å². The maximum absolute atomic E-state index is 10.8. The number of aliphatic hydroxyl groups excluding tert-OH is 1. The van der Waals surface area contributed by atoms with Crippen LogP contribution in [0.2, 0.25) is 0 Å². The van der Waals surface area contributed by atoms with Crippen LogP contribution < -0.4 is 11.1 Å². The van der Waals surface area contributed by atoms with Crippen molar-refractivity contribution in [2.45, 2.75) is 24.9 Å². The summed E-state index contributed by atoms with van der Waals surface area (Å²) in [7, 11) is 0. The quantitative estimate of drug-likeness (QED) is 0.455. The second kappa shape index (κ2) is 2.98. The number of nitrogens with two attached hydrogens (primary N) is 1. The monoisotopic (exact) mass is 144 g/mol. The predicted octanol–water partition coefficient (Wildman–Crippen LogP) is -1.42. The Morgan fingerprint density at radius 3 is 2.80 bits per heavy atom. The van der Waals surface area contributed by atoms with E-state index in [-0.39, 0.29) is 12.5 Å². The average molecular weight is 144 g/mol. The smallest absolute Gasteiger partial charge is 0.239 e. The Bertz CT molecular complexity index is 134. The summed E-state index contributed by atoms with van der Waals surface area (Å²) in [6.07, 6.45) is 2.09. The first-order valence-corrected chi connectivity index (χ1v) is 3.41. The second-order valence-corrected chi connectivity index (χ2v) is 2.57. The number of nitrogens with one attached hydrogen (secondary N) is 1. The lowest BCUT2D eigenvalue weighted by atomic mass is 10.3. The van der Waals surface area contributed by atoms with Crippen molar-refractivity contribution in [2.75, 3.05) is 6.61 Å². The van der Waals surface area contributed by atoms with Crippen LogP contribution >= 0.6 is 0 Å². The van der Waals surface area contributed by atoms with Gasteiger partial charge in [0.05, 0.1) is 6.61 Å². The molecule has 1 amide bonds. The zero-order valence-electron chi connectivity index (χ0n) is 5.71. The Labute approximate surface area is 59.4 Å². The normalized spacial score (nSPS) is 20.2. The van der Waals surface area contributed by atoms with Crippen molar-refractivity contribution in [1.82, 2.24) is 5.32 Å². The van der Waals surface area contributed by atoms with Gasteiger partial charge in [-0.15, -0.1) is 0 Å². The van der Waals surface area contributed by atoms with Crippen LogP contribution in [0.25, 0.3) is 0 Å². The molecule has 0 saturated heterocycles. The molecule has 0 aliphatic heterocycles. The van der Waals surface area contributed by atoms with Gasteiger partial charge in [-0.3, -0.25) is 4.79 Å². The Morgan fingerprint density at radius 2 is 2.40 bits per heavy atom. The van der Waals surface area contributed by atoms with Gasteiger partial charge >= 0.3 is 0 Å².